The van der Waals surface area contributed by atoms with Gasteiger partial charge in [0.2, 0.25) is 0 Å². The Morgan fingerprint density at radius 2 is 1.94 bits per heavy atom. The zero-order valence-corrected chi connectivity index (χ0v) is 10.0. The van der Waals surface area contributed by atoms with E-state index in [1.54, 1.807) is 13.8 Å². The van der Waals surface area contributed by atoms with E-state index in [1.165, 1.54) is 0 Å². The predicted molar refractivity (Wildman–Crippen MR) is 57.0 cm³/mol. The number of aromatic nitrogens is 2. The van der Waals surface area contributed by atoms with Gasteiger partial charge in [0.15, 0.2) is 0 Å². The summed E-state index contributed by atoms with van der Waals surface area (Å²) in [6, 6.07) is 1.91. The molecule has 0 amide bonds. The Morgan fingerprint density at radius 3 is 2.50 bits per heavy atom. The van der Waals surface area contributed by atoms with Crippen molar-refractivity contribution in [1.82, 2.24) is 10.2 Å². The molecule has 1 rings (SSSR count). The second-order valence-corrected chi connectivity index (χ2v) is 3.77. The minimum atomic E-state index is -4.20. The van der Waals surface area contributed by atoms with Crippen LogP contribution in [-0.4, -0.2) is 23.0 Å². The highest BCUT2D eigenvalue weighted by Gasteiger charge is 2.26. The van der Waals surface area contributed by atoms with Crippen LogP contribution in [0.2, 0.25) is 0 Å². The average Bonchev–Trinajstić information content (AvgIpc) is 2.28. The monoisotopic (exact) mass is 259 g/mol. The molecule has 0 unspecified atom stereocenters. The molecule has 0 aliphatic heterocycles. The third kappa shape index (κ3) is 3.87. The van der Waals surface area contributed by atoms with Crippen molar-refractivity contribution in [1.29, 1.82) is 5.26 Å². The van der Waals surface area contributed by atoms with E-state index in [-0.39, 0.29) is 24.5 Å². The molecule has 0 aliphatic carbocycles. The van der Waals surface area contributed by atoms with E-state index in [2.05, 4.69) is 10.2 Å². The first kappa shape index (κ1) is 14.2. The van der Waals surface area contributed by atoms with Gasteiger partial charge in [0.05, 0.1) is 12.3 Å². The van der Waals surface area contributed by atoms with Crippen molar-refractivity contribution in [3.8, 4) is 11.9 Å². The molecule has 0 N–H and O–H groups in total. The third-order valence-electron chi connectivity index (χ3n) is 2.38. The third-order valence-corrected chi connectivity index (χ3v) is 2.38. The van der Waals surface area contributed by atoms with Crippen LogP contribution in [0, 0.1) is 25.2 Å². The van der Waals surface area contributed by atoms with Gasteiger partial charge >= 0.3 is 6.18 Å². The number of nitriles is 1. The Balaban J connectivity index is 2.64. The van der Waals surface area contributed by atoms with Gasteiger partial charge in [-0.05, 0) is 25.8 Å². The summed E-state index contributed by atoms with van der Waals surface area (Å²) in [7, 11) is 0. The number of nitrogens with zero attached hydrogens (tertiary/aromatic N) is 3. The van der Waals surface area contributed by atoms with Crippen LogP contribution >= 0.6 is 0 Å². The SMILES string of the molecule is Cc1nnc(OCCCC(F)(F)F)c(C#N)c1C. The van der Waals surface area contributed by atoms with E-state index >= 15 is 0 Å². The Morgan fingerprint density at radius 1 is 1.28 bits per heavy atom. The standard InChI is InChI=1S/C11H12F3N3O/c1-7-8(2)16-17-10(9(7)6-15)18-5-3-4-11(12,13)14/h3-5H2,1-2H3. The number of aryl methyl sites for hydroxylation is 1. The quantitative estimate of drug-likeness (QED) is 0.780. The van der Waals surface area contributed by atoms with E-state index in [1.807, 2.05) is 6.07 Å². The van der Waals surface area contributed by atoms with Crippen LogP contribution in [-0.2, 0) is 0 Å². The molecule has 0 saturated heterocycles. The summed E-state index contributed by atoms with van der Waals surface area (Å²) in [6.45, 7) is 3.23. The van der Waals surface area contributed by atoms with E-state index in [9.17, 15) is 13.2 Å². The first-order valence-electron chi connectivity index (χ1n) is 5.28. The summed E-state index contributed by atoms with van der Waals surface area (Å²) in [6.07, 6.45) is -5.30. The van der Waals surface area contributed by atoms with E-state index in [0.29, 0.717) is 11.3 Å². The van der Waals surface area contributed by atoms with Crippen LogP contribution in [0.3, 0.4) is 0 Å². The number of alkyl halides is 3. The van der Waals surface area contributed by atoms with Gasteiger partial charge in [-0.1, -0.05) is 0 Å². The van der Waals surface area contributed by atoms with Crippen molar-refractivity contribution in [2.24, 2.45) is 0 Å². The maximum absolute atomic E-state index is 11.9. The van der Waals surface area contributed by atoms with Gasteiger partial charge in [-0.2, -0.15) is 23.5 Å². The first-order valence-corrected chi connectivity index (χ1v) is 5.28. The van der Waals surface area contributed by atoms with Crippen molar-refractivity contribution >= 4 is 0 Å². The fraction of sp³-hybridized carbons (Fsp3) is 0.545. The molecule has 1 aromatic heterocycles. The minimum absolute atomic E-state index is 0.0113. The molecule has 1 heterocycles. The van der Waals surface area contributed by atoms with Crippen LogP contribution in [0.25, 0.3) is 0 Å². The van der Waals surface area contributed by atoms with Crippen LogP contribution in [0.4, 0.5) is 13.2 Å². The molecule has 1 aromatic rings. The molecule has 0 spiro atoms. The highest BCUT2D eigenvalue weighted by Crippen LogP contribution is 2.22. The second kappa shape index (κ2) is 5.67. The molecular formula is C11H12F3N3O. The van der Waals surface area contributed by atoms with Gasteiger partial charge in [0.1, 0.15) is 11.6 Å². The molecule has 0 radical (unpaired) electrons. The highest BCUT2D eigenvalue weighted by atomic mass is 19.4. The number of ether oxygens (including phenoxy) is 1. The van der Waals surface area contributed by atoms with Crippen molar-refractivity contribution < 1.29 is 17.9 Å². The fourth-order valence-corrected chi connectivity index (χ4v) is 1.26. The van der Waals surface area contributed by atoms with Crippen molar-refractivity contribution in [2.75, 3.05) is 6.61 Å². The second-order valence-electron chi connectivity index (χ2n) is 3.77. The molecule has 7 heteroatoms. The highest BCUT2D eigenvalue weighted by molar-refractivity contribution is 5.44. The summed E-state index contributed by atoms with van der Waals surface area (Å²) in [5, 5.41) is 16.4. The molecule has 0 bridgehead atoms. The van der Waals surface area contributed by atoms with E-state index in [0.717, 1.165) is 0 Å². The Labute approximate surface area is 102 Å². The summed E-state index contributed by atoms with van der Waals surface area (Å²) in [4.78, 5) is 0. The number of hydrogen-bond donors (Lipinski definition) is 0. The number of halogens is 3. The molecular weight excluding hydrogens is 247 g/mol. The minimum Gasteiger partial charge on any atom is -0.476 e. The Hall–Kier alpha value is -1.84. The maximum atomic E-state index is 11.9. The lowest BCUT2D eigenvalue weighted by Crippen LogP contribution is -2.11. The van der Waals surface area contributed by atoms with Crippen LogP contribution in [0.15, 0.2) is 0 Å². The molecule has 18 heavy (non-hydrogen) atoms. The summed E-state index contributed by atoms with van der Waals surface area (Å²) < 4.78 is 40.8. The lowest BCUT2D eigenvalue weighted by Gasteiger charge is -2.09. The molecule has 4 nitrogen and oxygen atoms in total. The average molecular weight is 259 g/mol. The normalized spacial score (nSPS) is 11.1. The van der Waals surface area contributed by atoms with Gasteiger partial charge < -0.3 is 4.74 Å². The topological polar surface area (TPSA) is 58.8 Å². The van der Waals surface area contributed by atoms with Gasteiger partial charge in [0.25, 0.3) is 5.88 Å². The zero-order valence-electron chi connectivity index (χ0n) is 10.0. The largest absolute Gasteiger partial charge is 0.476 e. The van der Waals surface area contributed by atoms with E-state index < -0.39 is 12.6 Å². The fourth-order valence-electron chi connectivity index (χ4n) is 1.26. The van der Waals surface area contributed by atoms with Crippen LogP contribution in [0.1, 0.15) is 29.7 Å². The summed E-state index contributed by atoms with van der Waals surface area (Å²) in [5.41, 5.74) is 1.43. The predicted octanol–water partition coefficient (Wildman–Crippen LogP) is 2.69. The van der Waals surface area contributed by atoms with Crippen molar-refractivity contribution in [2.45, 2.75) is 32.9 Å². The molecule has 0 saturated carbocycles. The lowest BCUT2D eigenvalue weighted by atomic mass is 10.1. The van der Waals surface area contributed by atoms with Gasteiger partial charge in [-0.25, -0.2) is 0 Å². The van der Waals surface area contributed by atoms with Crippen molar-refractivity contribution in [3.05, 3.63) is 16.8 Å². The van der Waals surface area contributed by atoms with Crippen LogP contribution in [0.5, 0.6) is 5.88 Å². The first-order chi connectivity index (χ1) is 8.35. The zero-order chi connectivity index (χ0) is 13.8. The summed E-state index contributed by atoms with van der Waals surface area (Å²) >= 11 is 0. The smallest absolute Gasteiger partial charge is 0.389 e. The molecule has 0 aliphatic rings. The van der Waals surface area contributed by atoms with Gasteiger partial charge in [-0.3, -0.25) is 0 Å². The van der Waals surface area contributed by atoms with Crippen molar-refractivity contribution in [3.63, 3.8) is 0 Å². The maximum Gasteiger partial charge on any atom is 0.389 e. The lowest BCUT2D eigenvalue weighted by molar-refractivity contribution is -0.136. The summed E-state index contributed by atoms with van der Waals surface area (Å²) in [5.74, 6) is -0.0113. The van der Waals surface area contributed by atoms with E-state index in [4.69, 9.17) is 10.00 Å². The molecule has 0 atom stereocenters. The molecule has 0 fully saturated rings. The number of hydrogen-bond acceptors (Lipinski definition) is 4. The van der Waals surface area contributed by atoms with Crippen LogP contribution < -0.4 is 4.74 Å². The number of rotatable bonds is 4. The Kier molecular flexibility index (Phi) is 4.48. The van der Waals surface area contributed by atoms with Gasteiger partial charge in [-0.15, -0.1) is 5.10 Å². The van der Waals surface area contributed by atoms with Gasteiger partial charge in [0, 0.05) is 6.42 Å². The molecule has 0 aromatic carbocycles. The molecule has 98 valence electrons. The Bertz CT molecular complexity index is 466.